The first-order valence-electron chi connectivity index (χ1n) is 9.53. The molecule has 6 nitrogen and oxygen atoms in total. The van der Waals surface area contributed by atoms with Gasteiger partial charge in [-0.3, -0.25) is 4.79 Å². The fourth-order valence-electron chi connectivity index (χ4n) is 3.49. The lowest BCUT2D eigenvalue weighted by Gasteiger charge is -2.22. The van der Waals surface area contributed by atoms with E-state index >= 15 is 0 Å². The van der Waals surface area contributed by atoms with Gasteiger partial charge in [-0.25, -0.2) is 9.78 Å². The molecule has 0 unspecified atom stereocenters. The SMILES string of the molecule is COC(=O)c1ccc2c(=O)[nH]c(CN(C)c3ccccc3-c3ccccc3)nc2c1. The summed E-state index contributed by atoms with van der Waals surface area (Å²) in [6.45, 7) is 0.400. The zero-order valence-corrected chi connectivity index (χ0v) is 16.8. The maximum Gasteiger partial charge on any atom is 0.337 e. The van der Waals surface area contributed by atoms with Gasteiger partial charge in [0.2, 0.25) is 0 Å². The monoisotopic (exact) mass is 399 g/mol. The van der Waals surface area contributed by atoms with Gasteiger partial charge in [0.05, 0.1) is 30.1 Å². The first-order valence-corrected chi connectivity index (χ1v) is 9.53. The minimum absolute atomic E-state index is 0.240. The quantitative estimate of drug-likeness (QED) is 0.513. The molecule has 0 fully saturated rings. The van der Waals surface area contributed by atoms with Crippen LogP contribution in [0, 0.1) is 0 Å². The average molecular weight is 399 g/mol. The zero-order chi connectivity index (χ0) is 21.1. The highest BCUT2D eigenvalue weighted by molar-refractivity contribution is 5.94. The van der Waals surface area contributed by atoms with Gasteiger partial charge in [-0.05, 0) is 29.8 Å². The lowest BCUT2D eigenvalue weighted by Crippen LogP contribution is -2.22. The predicted octanol–water partition coefficient (Wildman–Crippen LogP) is 4.01. The molecule has 6 heteroatoms. The van der Waals surface area contributed by atoms with Crippen LogP contribution >= 0.6 is 0 Å². The second-order valence-corrected chi connectivity index (χ2v) is 6.98. The van der Waals surface area contributed by atoms with Crippen molar-refractivity contribution in [2.75, 3.05) is 19.1 Å². The number of para-hydroxylation sites is 1. The molecule has 0 saturated heterocycles. The van der Waals surface area contributed by atoms with Crippen LogP contribution in [0.25, 0.3) is 22.0 Å². The van der Waals surface area contributed by atoms with Gasteiger partial charge >= 0.3 is 5.97 Å². The fourth-order valence-corrected chi connectivity index (χ4v) is 3.49. The summed E-state index contributed by atoms with van der Waals surface area (Å²) in [5, 5.41) is 0.429. The van der Waals surface area contributed by atoms with Crippen molar-refractivity contribution in [1.29, 1.82) is 0 Å². The molecule has 0 bridgehead atoms. The molecule has 0 aliphatic rings. The van der Waals surface area contributed by atoms with E-state index in [-0.39, 0.29) is 5.56 Å². The number of aromatic amines is 1. The number of fused-ring (bicyclic) bond motifs is 1. The Morgan fingerprint density at radius 3 is 2.53 bits per heavy atom. The summed E-state index contributed by atoms with van der Waals surface area (Å²) < 4.78 is 4.76. The molecule has 4 rings (SSSR count). The average Bonchev–Trinajstić information content (AvgIpc) is 2.78. The van der Waals surface area contributed by atoms with Crippen molar-refractivity contribution in [2.45, 2.75) is 6.54 Å². The summed E-state index contributed by atoms with van der Waals surface area (Å²) in [5.74, 6) is 0.0503. The zero-order valence-electron chi connectivity index (χ0n) is 16.8. The molecular weight excluding hydrogens is 378 g/mol. The van der Waals surface area contributed by atoms with E-state index in [4.69, 9.17) is 4.74 Å². The maximum absolute atomic E-state index is 12.5. The Labute approximate surface area is 173 Å². The first-order chi connectivity index (χ1) is 14.6. The van der Waals surface area contributed by atoms with Gasteiger partial charge in [0.15, 0.2) is 0 Å². The van der Waals surface area contributed by atoms with Crippen LogP contribution in [0.15, 0.2) is 77.6 Å². The van der Waals surface area contributed by atoms with Crippen LogP contribution in [-0.2, 0) is 11.3 Å². The van der Waals surface area contributed by atoms with E-state index < -0.39 is 5.97 Å². The van der Waals surface area contributed by atoms with Crippen molar-refractivity contribution in [3.8, 4) is 11.1 Å². The number of hydrogen-bond acceptors (Lipinski definition) is 5. The van der Waals surface area contributed by atoms with Crippen LogP contribution in [-0.4, -0.2) is 30.1 Å². The van der Waals surface area contributed by atoms with Crippen LogP contribution in [0.5, 0.6) is 0 Å². The molecule has 1 heterocycles. The number of rotatable bonds is 5. The number of nitrogens with zero attached hydrogens (tertiary/aromatic N) is 2. The number of carbonyl (C=O) groups excluding carboxylic acids is 1. The summed E-state index contributed by atoms with van der Waals surface area (Å²) in [6.07, 6.45) is 0. The number of anilines is 1. The highest BCUT2D eigenvalue weighted by Gasteiger charge is 2.13. The van der Waals surface area contributed by atoms with Crippen LogP contribution in [0.1, 0.15) is 16.2 Å². The van der Waals surface area contributed by atoms with Gasteiger partial charge in [0.1, 0.15) is 5.82 Å². The Morgan fingerprint density at radius 1 is 1.03 bits per heavy atom. The lowest BCUT2D eigenvalue weighted by molar-refractivity contribution is 0.0601. The van der Waals surface area contributed by atoms with E-state index in [9.17, 15) is 9.59 Å². The minimum Gasteiger partial charge on any atom is -0.465 e. The van der Waals surface area contributed by atoms with Crippen molar-refractivity contribution in [1.82, 2.24) is 9.97 Å². The Kier molecular flexibility index (Phi) is 5.30. The van der Waals surface area contributed by atoms with E-state index in [2.05, 4.69) is 28.2 Å². The van der Waals surface area contributed by atoms with Gasteiger partial charge in [0.25, 0.3) is 5.56 Å². The Hall–Kier alpha value is -3.93. The standard InChI is InChI=1S/C24H21N3O3/c1-27(21-11-7-6-10-18(21)16-8-4-3-5-9-16)15-22-25-20-14-17(24(29)30-2)12-13-19(20)23(28)26-22/h3-14H,15H2,1-2H3,(H,25,26,28). The maximum atomic E-state index is 12.5. The Morgan fingerprint density at radius 2 is 1.77 bits per heavy atom. The molecule has 0 radical (unpaired) electrons. The molecule has 150 valence electrons. The molecule has 0 atom stereocenters. The molecule has 1 aromatic heterocycles. The summed E-state index contributed by atoms with van der Waals surface area (Å²) in [5.41, 5.74) is 3.81. The number of nitrogens with one attached hydrogen (secondary N) is 1. The van der Waals surface area contributed by atoms with E-state index in [1.54, 1.807) is 18.2 Å². The van der Waals surface area contributed by atoms with E-state index in [0.29, 0.717) is 28.8 Å². The molecule has 1 N–H and O–H groups in total. The summed E-state index contributed by atoms with van der Waals surface area (Å²) in [4.78, 5) is 33.8. The second kappa shape index (κ2) is 8.21. The van der Waals surface area contributed by atoms with Crippen molar-refractivity contribution >= 4 is 22.6 Å². The highest BCUT2D eigenvalue weighted by Crippen LogP contribution is 2.30. The largest absolute Gasteiger partial charge is 0.465 e. The van der Waals surface area contributed by atoms with Crippen molar-refractivity contribution in [2.24, 2.45) is 0 Å². The van der Waals surface area contributed by atoms with E-state index in [0.717, 1.165) is 16.8 Å². The van der Waals surface area contributed by atoms with Gasteiger partial charge in [0, 0.05) is 18.3 Å². The number of esters is 1. The minimum atomic E-state index is -0.463. The van der Waals surface area contributed by atoms with Crippen LogP contribution < -0.4 is 10.5 Å². The van der Waals surface area contributed by atoms with Crippen molar-refractivity contribution < 1.29 is 9.53 Å². The number of methoxy groups -OCH3 is 1. The van der Waals surface area contributed by atoms with Crippen LogP contribution in [0.4, 0.5) is 5.69 Å². The third-order valence-corrected chi connectivity index (χ3v) is 4.96. The Balaban J connectivity index is 1.69. The second-order valence-electron chi connectivity index (χ2n) is 6.98. The number of H-pyrrole nitrogens is 1. The topological polar surface area (TPSA) is 75.3 Å². The van der Waals surface area contributed by atoms with Gasteiger partial charge in [-0.15, -0.1) is 0 Å². The molecular formula is C24H21N3O3. The summed E-state index contributed by atoms with van der Waals surface area (Å²) >= 11 is 0. The van der Waals surface area contributed by atoms with Crippen LogP contribution in [0.3, 0.4) is 0 Å². The predicted molar refractivity (Wildman–Crippen MR) is 118 cm³/mol. The summed E-state index contributed by atoms with van der Waals surface area (Å²) in [6, 6.07) is 23.0. The molecule has 4 aromatic rings. The van der Waals surface area contributed by atoms with E-state index in [1.165, 1.54) is 7.11 Å². The van der Waals surface area contributed by atoms with Gasteiger partial charge < -0.3 is 14.6 Å². The molecule has 0 saturated carbocycles. The molecule has 30 heavy (non-hydrogen) atoms. The number of ether oxygens (including phenoxy) is 1. The summed E-state index contributed by atoms with van der Waals surface area (Å²) in [7, 11) is 3.28. The fraction of sp³-hybridized carbons (Fsp3) is 0.125. The third kappa shape index (κ3) is 3.80. The van der Waals surface area contributed by atoms with Gasteiger partial charge in [-0.2, -0.15) is 0 Å². The molecule has 0 amide bonds. The van der Waals surface area contributed by atoms with E-state index in [1.807, 2.05) is 48.3 Å². The smallest absolute Gasteiger partial charge is 0.337 e. The normalized spacial score (nSPS) is 10.7. The number of aromatic nitrogens is 2. The number of carbonyl (C=O) groups is 1. The Bertz CT molecular complexity index is 1270. The lowest BCUT2D eigenvalue weighted by atomic mass is 10.0. The van der Waals surface area contributed by atoms with Crippen molar-refractivity contribution in [3.05, 3.63) is 94.5 Å². The highest BCUT2D eigenvalue weighted by atomic mass is 16.5. The number of benzene rings is 3. The van der Waals surface area contributed by atoms with Gasteiger partial charge in [-0.1, -0.05) is 48.5 Å². The molecule has 0 aliphatic heterocycles. The molecule has 3 aromatic carbocycles. The molecule has 0 aliphatic carbocycles. The third-order valence-electron chi connectivity index (χ3n) is 4.96. The number of hydrogen-bond donors (Lipinski definition) is 1. The first kappa shape index (κ1) is 19.4. The molecule has 0 spiro atoms. The van der Waals surface area contributed by atoms with Crippen LogP contribution in [0.2, 0.25) is 0 Å². The van der Waals surface area contributed by atoms with Crippen molar-refractivity contribution in [3.63, 3.8) is 0 Å².